The van der Waals surface area contributed by atoms with Crippen LogP contribution in [0.5, 0.6) is 0 Å². The number of carbonyl (C=O) groups excluding carboxylic acids is 1. The number of benzene rings is 1. The first kappa shape index (κ1) is 14.5. The molecule has 0 unspecified atom stereocenters. The smallest absolute Gasteiger partial charge is 0.285 e. The number of hydrogen-bond acceptors (Lipinski definition) is 1. The summed E-state index contributed by atoms with van der Waals surface area (Å²) in [6.45, 7) is 0. The zero-order chi connectivity index (χ0) is 14.2. The van der Waals surface area contributed by atoms with Crippen molar-refractivity contribution in [1.29, 1.82) is 0 Å². The van der Waals surface area contributed by atoms with E-state index in [-0.39, 0.29) is 17.7 Å². The number of hydrogen-bond donors (Lipinski definition) is 0. The first-order valence-corrected chi connectivity index (χ1v) is 4.35. The van der Waals surface area contributed by atoms with Gasteiger partial charge in [-0.2, -0.15) is 26.3 Å². The molecule has 0 bridgehead atoms. The van der Waals surface area contributed by atoms with E-state index in [1.807, 2.05) is 0 Å². The van der Waals surface area contributed by atoms with E-state index in [4.69, 9.17) is 0 Å². The van der Waals surface area contributed by atoms with Crippen molar-refractivity contribution in [2.45, 2.75) is 18.0 Å². The van der Waals surface area contributed by atoms with E-state index < -0.39 is 23.6 Å². The molecule has 0 atom stereocenters. The summed E-state index contributed by atoms with van der Waals surface area (Å²) >= 11 is 0. The molecule has 1 aromatic rings. The van der Waals surface area contributed by atoms with Crippen molar-refractivity contribution in [3.63, 3.8) is 0 Å². The molecule has 18 heavy (non-hydrogen) atoms. The first-order chi connectivity index (χ1) is 8.04. The Hall–Kier alpha value is -1.60. The Morgan fingerprint density at radius 3 is 1.44 bits per heavy atom. The van der Waals surface area contributed by atoms with Crippen molar-refractivity contribution >= 4 is 6.29 Å². The molecule has 0 fully saturated rings. The minimum Gasteiger partial charge on any atom is -0.285 e. The second-order valence-electron chi connectivity index (χ2n) is 3.33. The molecular formula is C10H4F7O. The van der Waals surface area contributed by atoms with Gasteiger partial charge in [0.05, 0.1) is 0 Å². The number of halogens is 7. The molecule has 0 aromatic heterocycles. The van der Waals surface area contributed by atoms with Gasteiger partial charge in [0.15, 0.2) is 0 Å². The van der Waals surface area contributed by atoms with Crippen molar-refractivity contribution < 1.29 is 35.5 Å². The van der Waals surface area contributed by atoms with Gasteiger partial charge in [0, 0.05) is 11.1 Å². The lowest BCUT2D eigenvalue weighted by Gasteiger charge is -2.30. The summed E-state index contributed by atoms with van der Waals surface area (Å²) in [5, 5.41) is 0. The van der Waals surface area contributed by atoms with Crippen molar-refractivity contribution in [2.24, 2.45) is 0 Å². The summed E-state index contributed by atoms with van der Waals surface area (Å²) in [5.74, 6) is 0. The van der Waals surface area contributed by atoms with Crippen LogP contribution < -0.4 is 0 Å². The van der Waals surface area contributed by atoms with Crippen LogP contribution in [-0.2, 0) is 10.5 Å². The zero-order valence-electron chi connectivity index (χ0n) is 8.36. The monoisotopic (exact) mass is 273 g/mol. The summed E-state index contributed by atoms with van der Waals surface area (Å²) in [6, 6.07) is 1.74. The van der Waals surface area contributed by atoms with E-state index in [0.717, 1.165) is 0 Å². The van der Waals surface area contributed by atoms with Crippen LogP contribution in [0.25, 0.3) is 0 Å². The van der Waals surface area contributed by atoms with Crippen LogP contribution in [0.1, 0.15) is 11.1 Å². The highest BCUT2D eigenvalue weighted by Crippen LogP contribution is 2.53. The van der Waals surface area contributed by atoms with Gasteiger partial charge in [-0.3, -0.25) is 4.79 Å². The maximum Gasteiger partial charge on any atom is 0.435 e. The molecule has 1 radical (unpaired) electrons. The highest BCUT2D eigenvalue weighted by molar-refractivity contribution is 5.75. The lowest BCUT2D eigenvalue weighted by atomic mass is 9.93. The lowest BCUT2D eigenvalue weighted by molar-refractivity contribution is -0.348. The van der Waals surface area contributed by atoms with Crippen molar-refractivity contribution in [3.05, 3.63) is 35.4 Å². The highest BCUT2D eigenvalue weighted by atomic mass is 19.4. The summed E-state index contributed by atoms with van der Waals surface area (Å²) in [6.07, 6.45) is -11.1. The maximum atomic E-state index is 13.4. The largest absolute Gasteiger partial charge is 0.435 e. The second kappa shape index (κ2) is 4.25. The minimum absolute atomic E-state index is 0.251. The molecule has 0 aliphatic rings. The van der Waals surface area contributed by atoms with E-state index in [2.05, 4.69) is 0 Å². The van der Waals surface area contributed by atoms with E-state index in [1.54, 1.807) is 0 Å². The van der Waals surface area contributed by atoms with Gasteiger partial charge in [-0.1, -0.05) is 24.3 Å². The van der Waals surface area contributed by atoms with E-state index in [9.17, 15) is 35.5 Å². The predicted molar refractivity (Wildman–Crippen MR) is 46.1 cm³/mol. The van der Waals surface area contributed by atoms with Crippen LogP contribution in [0.4, 0.5) is 30.7 Å². The van der Waals surface area contributed by atoms with Gasteiger partial charge in [-0.15, -0.1) is 0 Å². The molecule has 0 saturated carbocycles. The molecule has 99 valence electrons. The van der Waals surface area contributed by atoms with Gasteiger partial charge in [-0.25, -0.2) is 4.39 Å². The third-order valence-corrected chi connectivity index (χ3v) is 2.18. The normalized spacial score (nSPS) is 13.5. The second-order valence-corrected chi connectivity index (χ2v) is 3.33. The summed E-state index contributed by atoms with van der Waals surface area (Å²) in [7, 11) is 0. The lowest BCUT2D eigenvalue weighted by Crippen LogP contribution is -2.50. The van der Waals surface area contributed by atoms with Crippen molar-refractivity contribution in [3.8, 4) is 0 Å². The fourth-order valence-corrected chi connectivity index (χ4v) is 1.26. The summed E-state index contributed by atoms with van der Waals surface area (Å²) < 4.78 is 87.2. The standard InChI is InChI=1S/C10H4F7O/c11-8(9(12,13)14,10(15,16)17)7-3-1-6(5-18)2-4-7/h1-4H. The van der Waals surface area contributed by atoms with Gasteiger partial charge in [0.1, 0.15) is 0 Å². The molecular weight excluding hydrogens is 269 g/mol. The van der Waals surface area contributed by atoms with E-state index >= 15 is 0 Å². The first-order valence-electron chi connectivity index (χ1n) is 4.35. The molecule has 0 spiro atoms. The highest BCUT2D eigenvalue weighted by Gasteiger charge is 2.73. The van der Waals surface area contributed by atoms with Crippen LogP contribution in [0, 0.1) is 0 Å². The number of alkyl halides is 7. The van der Waals surface area contributed by atoms with Crippen molar-refractivity contribution in [1.82, 2.24) is 0 Å². The molecule has 0 saturated heterocycles. The molecule has 0 N–H and O–H groups in total. The Bertz CT molecular complexity index is 415. The average Bonchev–Trinajstić information content (AvgIpc) is 2.25. The Morgan fingerprint density at radius 1 is 0.778 bits per heavy atom. The van der Waals surface area contributed by atoms with Gasteiger partial charge >= 0.3 is 18.0 Å². The van der Waals surface area contributed by atoms with Crippen molar-refractivity contribution in [2.75, 3.05) is 0 Å². The van der Waals surface area contributed by atoms with Gasteiger partial charge < -0.3 is 0 Å². The maximum absolute atomic E-state index is 13.4. The molecule has 1 rings (SSSR count). The summed E-state index contributed by atoms with van der Waals surface area (Å²) in [4.78, 5) is 10.1. The fraction of sp³-hybridized carbons (Fsp3) is 0.300. The molecule has 0 heterocycles. The molecule has 1 aromatic carbocycles. The topological polar surface area (TPSA) is 17.1 Å². The van der Waals surface area contributed by atoms with Gasteiger partial charge in [-0.05, 0) is 0 Å². The van der Waals surface area contributed by atoms with Gasteiger partial charge in [0.25, 0.3) is 0 Å². The fourth-order valence-electron chi connectivity index (χ4n) is 1.26. The number of rotatable bonds is 2. The third-order valence-electron chi connectivity index (χ3n) is 2.18. The Kier molecular flexibility index (Phi) is 3.42. The quantitative estimate of drug-likeness (QED) is 0.754. The van der Waals surface area contributed by atoms with E-state index in [0.29, 0.717) is 12.1 Å². The molecule has 0 aliphatic carbocycles. The van der Waals surface area contributed by atoms with Crippen LogP contribution in [0.2, 0.25) is 0 Å². The van der Waals surface area contributed by atoms with Crippen LogP contribution in [0.3, 0.4) is 0 Å². The average molecular weight is 273 g/mol. The zero-order valence-corrected chi connectivity index (χ0v) is 8.36. The molecule has 1 nitrogen and oxygen atoms in total. The van der Waals surface area contributed by atoms with Gasteiger partial charge in [0.2, 0.25) is 6.29 Å². The molecule has 0 amide bonds. The van der Waals surface area contributed by atoms with Crippen LogP contribution in [0.15, 0.2) is 24.3 Å². The van der Waals surface area contributed by atoms with Crippen LogP contribution in [-0.4, -0.2) is 18.6 Å². The predicted octanol–water partition coefficient (Wildman–Crippen LogP) is 3.43. The Morgan fingerprint density at radius 2 is 1.17 bits per heavy atom. The minimum atomic E-state index is -6.16. The van der Waals surface area contributed by atoms with E-state index in [1.165, 1.54) is 6.29 Å². The Balaban J connectivity index is 3.40. The SMILES string of the molecule is O=[C]c1ccc(C(F)(C(F)(F)F)C(F)(F)F)cc1. The Labute approximate surface area is 96.2 Å². The molecule has 8 heteroatoms. The third kappa shape index (κ3) is 2.19. The molecule has 0 aliphatic heterocycles. The van der Waals surface area contributed by atoms with Crippen LogP contribution >= 0.6 is 0 Å². The summed E-state index contributed by atoms with van der Waals surface area (Å²) in [5.41, 5.74) is -7.39.